The monoisotopic (exact) mass is 268 g/mol. The van der Waals surface area contributed by atoms with Crippen LogP contribution in [-0.2, 0) is 18.8 Å². The molecule has 1 unspecified atom stereocenters. The number of carbonyl (C=O) groups excluding carboxylic acids is 1. The summed E-state index contributed by atoms with van der Waals surface area (Å²) >= 11 is 0. The number of hydrogen-bond donors (Lipinski definition) is 0. The Morgan fingerprint density at radius 2 is 2.06 bits per heavy atom. The van der Waals surface area contributed by atoms with Gasteiger partial charge in [-0.15, -0.1) is 0 Å². The number of oxime groups is 1. The SMILES string of the molecule is C=[O+]c1ccc(C2CC/C2=N/OS(C)(=O)=O)cc1. The Balaban J connectivity index is 2.12. The van der Waals surface area contributed by atoms with E-state index in [4.69, 9.17) is 4.42 Å². The first kappa shape index (κ1) is 12.8. The van der Waals surface area contributed by atoms with Gasteiger partial charge in [-0.1, -0.05) is 5.16 Å². The second-order valence-corrected chi connectivity index (χ2v) is 5.72. The summed E-state index contributed by atoms with van der Waals surface area (Å²) in [5.74, 6) is 0.814. The predicted octanol–water partition coefficient (Wildman–Crippen LogP) is 1.97. The second-order valence-electron chi connectivity index (χ2n) is 4.17. The van der Waals surface area contributed by atoms with Crippen molar-refractivity contribution in [2.75, 3.05) is 6.26 Å². The van der Waals surface area contributed by atoms with E-state index in [0.717, 1.165) is 30.4 Å². The molecule has 0 aromatic heterocycles. The highest BCUT2D eigenvalue weighted by Gasteiger charge is 2.29. The molecule has 1 aromatic rings. The lowest BCUT2D eigenvalue weighted by atomic mass is 9.78. The van der Waals surface area contributed by atoms with Crippen LogP contribution in [-0.4, -0.2) is 27.2 Å². The third-order valence-corrected chi connectivity index (χ3v) is 3.18. The zero-order valence-corrected chi connectivity index (χ0v) is 10.8. The van der Waals surface area contributed by atoms with Crippen molar-refractivity contribution >= 4 is 22.6 Å². The highest BCUT2D eigenvalue weighted by atomic mass is 32.2. The standard InChI is InChI=1S/C12H14NO4S/c1-16-10-5-3-9(4-6-10)11-7-8-12(11)13-17-18(2,14)15/h3-6,11H,1,7-8H2,2H3/q+1/b13-12-. The first-order chi connectivity index (χ1) is 8.49. The number of benzene rings is 1. The van der Waals surface area contributed by atoms with Gasteiger partial charge in [0.2, 0.25) is 0 Å². The van der Waals surface area contributed by atoms with Crippen LogP contribution in [0.3, 0.4) is 0 Å². The third-order valence-electron chi connectivity index (χ3n) is 2.83. The van der Waals surface area contributed by atoms with E-state index in [1.54, 1.807) is 0 Å². The molecule has 0 heterocycles. The van der Waals surface area contributed by atoms with Crippen LogP contribution >= 0.6 is 0 Å². The Labute approximate surface area is 106 Å². The molecule has 1 atom stereocenters. The van der Waals surface area contributed by atoms with Crippen LogP contribution in [0, 0.1) is 0 Å². The van der Waals surface area contributed by atoms with E-state index in [2.05, 4.69) is 16.2 Å². The topological polar surface area (TPSA) is 67.0 Å². The predicted molar refractivity (Wildman–Crippen MR) is 68.3 cm³/mol. The van der Waals surface area contributed by atoms with Gasteiger partial charge in [0.15, 0.2) is 0 Å². The molecule has 1 aliphatic rings. The first-order valence-corrected chi connectivity index (χ1v) is 7.28. The lowest BCUT2D eigenvalue weighted by Crippen LogP contribution is -2.24. The smallest absolute Gasteiger partial charge is 0.269 e. The van der Waals surface area contributed by atoms with Crippen LogP contribution in [0.2, 0.25) is 0 Å². The molecule has 0 radical (unpaired) electrons. The molecule has 18 heavy (non-hydrogen) atoms. The number of rotatable bonds is 4. The number of hydrogen-bond acceptors (Lipinski definition) is 4. The van der Waals surface area contributed by atoms with E-state index in [9.17, 15) is 8.42 Å². The van der Waals surface area contributed by atoms with Crippen LogP contribution in [0.1, 0.15) is 24.3 Å². The summed E-state index contributed by atoms with van der Waals surface area (Å²) in [4.78, 5) is 0. The van der Waals surface area contributed by atoms with Crippen LogP contribution < -0.4 is 0 Å². The molecule has 0 aliphatic heterocycles. The molecular formula is C12H14NO4S+. The zero-order chi connectivity index (χ0) is 13.2. The molecule has 96 valence electrons. The fourth-order valence-electron chi connectivity index (χ4n) is 1.80. The average Bonchev–Trinajstić information content (AvgIpc) is 2.27. The molecule has 2 rings (SSSR count). The molecule has 0 N–H and O–H groups in total. The third kappa shape index (κ3) is 2.95. The molecule has 0 amide bonds. The summed E-state index contributed by atoms with van der Waals surface area (Å²) in [6.07, 6.45) is 2.68. The van der Waals surface area contributed by atoms with E-state index in [1.165, 1.54) is 0 Å². The summed E-state index contributed by atoms with van der Waals surface area (Å²) in [7, 11) is -3.53. The highest BCUT2D eigenvalue weighted by Crippen LogP contribution is 2.35. The largest absolute Gasteiger partial charge is 0.351 e. The van der Waals surface area contributed by atoms with Gasteiger partial charge in [0.25, 0.3) is 6.79 Å². The van der Waals surface area contributed by atoms with E-state index < -0.39 is 10.1 Å². The molecule has 1 aliphatic carbocycles. The number of nitrogens with zero attached hydrogens (tertiary/aromatic N) is 1. The van der Waals surface area contributed by atoms with Gasteiger partial charge < -0.3 is 0 Å². The van der Waals surface area contributed by atoms with E-state index >= 15 is 0 Å². The highest BCUT2D eigenvalue weighted by molar-refractivity contribution is 7.85. The van der Waals surface area contributed by atoms with Crippen molar-refractivity contribution in [2.45, 2.75) is 18.8 Å². The van der Waals surface area contributed by atoms with Crippen LogP contribution in [0.4, 0.5) is 0 Å². The van der Waals surface area contributed by atoms with Gasteiger partial charge in [-0.25, -0.2) is 4.42 Å². The zero-order valence-electron chi connectivity index (χ0n) is 10.00. The Bertz CT molecular complexity index is 575. The lowest BCUT2D eigenvalue weighted by Gasteiger charge is -2.27. The molecular weight excluding hydrogens is 254 g/mol. The van der Waals surface area contributed by atoms with Crippen LogP contribution in [0.25, 0.3) is 0 Å². The van der Waals surface area contributed by atoms with Crippen molar-refractivity contribution < 1.29 is 17.1 Å². The van der Waals surface area contributed by atoms with E-state index in [1.807, 2.05) is 24.3 Å². The molecule has 6 heteroatoms. The molecule has 5 nitrogen and oxygen atoms in total. The molecule has 1 aromatic carbocycles. The molecule has 0 bridgehead atoms. The van der Waals surface area contributed by atoms with Gasteiger partial charge in [0, 0.05) is 18.1 Å². The van der Waals surface area contributed by atoms with Gasteiger partial charge in [-0.2, -0.15) is 8.42 Å². The van der Waals surface area contributed by atoms with Crippen LogP contribution in [0.15, 0.2) is 29.4 Å². The van der Waals surface area contributed by atoms with Crippen molar-refractivity contribution in [1.82, 2.24) is 0 Å². The van der Waals surface area contributed by atoms with Gasteiger partial charge in [0.05, 0.1) is 12.0 Å². The minimum atomic E-state index is -3.53. The maximum atomic E-state index is 10.8. The first-order valence-electron chi connectivity index (χ1n) is 5.47. The Kier molecular flexibility index (Phi) is 3.47. The summed E-state index contributed by atoms with van der Waals surface area (Å²) in [6, 6.07) is 7.46. The summed E-state index contributed by atoms with van der Waals surface area (Å²) < 4.78 is 31.0. The van der Waals surface area contributed by atoms with Crippen molar-refractivity contribution in [3.8, 4) is 5.75 Å². The Hall–Kier alpha value is -1.69. The minimum absolute atomic E-state index is 0.130. The molecule has 1 fully saturated rings. The van der Waals surface area contributed by atoms with Gasteiger partial charge in [-0.05, 0) is 30.5 Å². The summed E-state index contributed by atoms with van der Waals surface area (Å²) in [5, 5.41) is 3.69. The molecule has 1 saturated carbocycles. The summed E-state index contributed by atoms with van der Waals surface area (Å²) in [6.45, 7) is 3.33. The fraction of sp³-hybridized carbons (Fsp3) is 0.333. The van der Waals surface area contributed by atoms with Gasteiger partial charge in [-0.3, -0.25) is 4.28 Å². The Morgan fingerprint density at radius 1 is 1.39 bits per heavy atom. The molecule has 0 spiro atoms. The summed E-state index contributed by atoms with van der Waals surface area (Å²) in [5.41, 5.74) is 1.82. The second kappa shape index (κ2) is 4.89. The normalized spacial score (nSPS) is 21.4. The minimum Gasteiger partial charge on any atom is -0.269 e. The van der Waals surface area contributed by atoms with E-state index in [-0.39, 0.29) is 5.92 Å². The fourth-order valence-corrected chi connectivity index (χ4v) is 2.03. The van der Waals surface area contributed by atoms with E-state index in [0.29, 0.717) is 5.75 Å². The Morgan fingerprint density at radius 3 is 2.50 bits per heavy atom. The lowest BCUT2D eigenvalue weighted by molar-refractivity contribution is -0.354. The molecule has 0 saturated heterocycles. The van der Waals surface area contributed by atoms with Crippen molar-refractivity contribution in [2.24, 2.45) is 5.16 Å². The van der Waals surface area contributed by atoms with Gasteiger partial charge >= 0.3 is 15.9 Å². The quantitative estimate of drug-likeness (QED) is 0.619. The maximum absolute atomic E-state index is 10.8. The van der Waals surface area contributed by atoms with Crippen molar-refractivity contribution in [1.29, 1.82) is 0 Å². The van der Waals surface area contributed by atoms with Crippen molar-refractivity contribution in [3.63, 3.8) is 0 Å². The van der Waals surface area contributed by atoms with Gasteiger partial charge in [0.1, 0.15) is 0 Å². The van der Waals surface area contributed by atoms with Crippen LogP contribution in [0.5, 0.6) is 5.75 Å². The van der Waals surface area contributed by atoms with Crippen molar-refractivity contribution in [3.05, 3.63) is 29.8 Å². The maximum Gasteiger partial charge on any atom is 0.351 e. The average molecular weight is 268 g/mol.